The van der Waals surface area contributed by atoms with Gasteiger partial charge in [-0.05, 0) is 42.0 Å². The quantitative estimate of drug-likeness (QED) is 0.689. The summed E-state index contributed by atoms with van der Waals surface area (Å²) >= 11 is 0. The lowest BCUT2D eigenvalue weighted by Crippen LogP contribution is -2.21. The van der Waals surface area contributed by atoms with Crippen molar-refractivity contribution in [2.75, 3.05) is 17.2 Å². The van der Waals surface area contributed by atoms with Crippen LogP contribution in [0.15, 0.2) is 67.0 Å². The molecule has 0 saturated heterocycles. The Morgan fingerprint density at radius 3 is 2.36 bits per heavy atom. The van der Waals surface area contributed by atoms with Crippen molar-refractivity contribution in [3.8, 4) is 5.75 Å². The number of carbonyl (C=O) groups excluding carboxylic acids is 1. The van der Waals surface area contributed by atoms with Gasteiger partial charge in [0.25, 0.3) is 5.91 Å². The van der Waals surface area contributed by atoms with Gasteiger partial charge < -0.3 is 15.4 Å². The predicted molar refractivity (Wildman–Crippen MR) is 94.2 cm³/mol. The van der Waals surface area contributed by atoms with Crippen LogP contribution in [-0.2, 0) is 11.3 Å². The Morgan fingerprint density at radius 1 is 0.920 bits per heavy atom. The molecule has 0 fully saturated rings. The van der Waals surface area contributed by atoms with E-state index in [1.807, 2.05) is 30.3 Å². The van der Waals surface area contributed by atoms with Gasteiger partial charge >= 0.3 is 0 Å². The second-order valence-electron chi connectivity index (χ2n) is 5.16. The SMILES string of the molecule is O=C(COc1ccccc1)Nc1ccc(NCc2ccncc2)nn1. The molecule has 1 aromatic carbocycles. The number of hydrogen-bond donors (Lipinski definition) is 2. The van der Waals surface area contributed by atoms with Gasteiger partial charge in [-0.1, -0.05) is 18.2 Å². The van der Waals surface area contributed by atoms with Crippen LogP contribution in [0.4, 0.5) is 11.6 Å². The summed E-state index contributed by atoms with van der Waals surface area (Å²) < 4.78 is 5.37. The number of para-hydroxylation sites is 1. The predicted octanol–water partition coefficient (Wildman–Crippen LogP) is 2.50. The first-order chi connectivity index (χ1) is 12.3. The van der Waals surface area contributed by atoms with Crippen LogP contribution in [0.3, 0.4) is 0 Å². The highest BCUT2D eigenvalue weighted by Gasteiger charge is 2.05. The van der Waals surface area contributed by atoms with E-state index in [1.54, 1.807) is 36.7 Å². The third kappa shape index (κ3) is 5.28. The van der Waals surface area contributed by atoms with E-state index >= 15 is 0 Å². The molecule has 0 aliphatic rings. The lowest BCUT2D eigenvalue weighted by molar-refractivity contribution is -0.118. The maximum Gasteiger partial charge on any atom is 0.263 e. The molecule has 3 rings (SSSR count). The summed E-state index contributed by atoms with van der Waals surface area (Å²) in [5, 5.41) is 13.8. The zero-order chi connectivity index (χ0) is 17.3. The minimum absolute atomic E-state index is 0.0895. The molecule has 3 aromatic rings. The minimum Gasteiger partial charge on any atom is -0.484 e. The van der Waals surface area contributed by atoms with E-state index in [1.165, 1.54) is 0 Å². The van der Waals surface area contributed by atoms with Gasteiger partial charge in [0.05, 0.1) is 0 Å². The van der Waals surface area contributed by atoms with Gasteiger partial charge in [0.15, 0.2) is 12.4 Å². The van der Waals surface area contributed by atoms with Crippen molar-refractivity contribution >= 4 is 17.5 Å². The first-order valence-electron chi connectivity index (χ1n) is 7.74. The van der Waals surface area contributed by atoms with E-state index in [2.05, 4.69) is 25.8 Å². The zero-order valence-electron chi connectivity index (χ0n) is 13.4. The molecule has 2 N–H and O–H groups in total. The van der Waals surface area contributed by atoms with Crippen molar-refractivity contribution in [3.63, 3.8) is 0 Å². The molecule has 0 radical (unpaired) electrons. The van der Waals surface area contributed by atoms with Gasteiger partial charge in [-0.25, -0.2) is 0 Å². The third-order valence-corrected chi connectivity index (χ3v) is 3.27. The molecule has 25 heavy (non-hydrogen) atoms. The van der Waals surface area contributed by atoms with Crippen LogP contribution in [-0.4, -0.2) is 27.7 Å². The average Bonchev–Trinajstić information content (AvgIpc) is 2.67. The van der Waals surface area contributed by atoms with Crippen molar-refractivity contribution in [1.82, 2.24) is 15.2 Å². The summed E-state index contributed by atoms with van der Waals surface area (Å²) in [4.78, 5) is 15.8. The number of nitrogens with zero attached hydrogens (tertiary/aromatic N) is 3. The van der Waals surface area contributed by atoms with Crippen molar-refractivity contribution in [2.45, 2.75) is 6.54 Å². The van der Waals surface area contributed by atoms with Crippen molar-refractivity contribution in [1.29, 1.82) is 0 Å². The fraction of sp³-hybridized carbons (Fsp3) is 0.111. The van der Waals surface area contributed by atoms with Crippen molar-refractivity contribution in [2.24, 2.45) is 0 Å². The summed E-state index contributed by atoms with van der Waals surface area (Å²) in [5.41, 5.74) is 1.09. The number of pyridine rings is 1. The van der Waals surface area contributed by atoms with Crippen LogP contribution in [0.5, 0.6) is 5.75 Å². The number of ether oxygens (including phenoxy) is 1. The van der Waals surface area contributed by atoms with Crippen LogP contribution >= 0.6 is 0 Å². The normalized spacial score (nSPS) is 10.1. The molecule has 2 aromatic heterocycles. The number of anilines is 2. The summed E-state index contributed by atoms with van der Waals surface area (Å²) in [6.07, 6.45) is 3.47. The Labute approximate surface area is 145 Å². The van der Waals surface area contributed by atoms with Gasteiger partial charge in [-0.3, -0.25) is 9.78 Å². The van der Waals surface area contributed by atoms with Gasteiger partial charge in [-0.15, -0.1) is 10.2 Å². The fourth-order valence-electron chi connectivity index (χ4n) is 2.03. The van der Waals surface area contributed by atoms with Crippen LogP contribution in [0, 0.1) is 0 Å². The number of hydrogen-bond acceptors (Lipinski definition) is 6. The minimum atomic E-state index is -0.296. The van der Waals surface area contributed by atoms with E-state index in [0.29, 0.717) is 23.9 Å². The number of rotatable bonds is 7. The van der Waals surface area contributed by atoms with Crippen molar-refractivity contribution < 1.29 is 9.53 Å². The summed E-state index contributed by atoms with van der Waals surface area (Å²) in [6, 6.07) is 16.4. The largest absolute Gasteiger partial charge is 0.484 e. The number of aromatic nitrogens is 3. The van der Waals surface area contributed by atoms with Crippen molar-refractivity contribution in [3.05, 3.63) is 72.6 Å². The van der Waals surface area contributed by atoms with Gasteiger partial charge in [0, 0.05) is 18.9 Å². The second-order valence-corrected chi connectivity index (χ2v) is 5.16. The standard InChI is InChI=1S/C18H17N5O2/c24-18(13-25-15-4-2-1-3-5-15)21-17-7-6-16(22-23-17)20-12-14-8-10-19-11-9-14/h1-11H,12-13H2,(H,20,22)(H,21,23,24). The molecule has 126 valence electrons. The molecule has 0 unspecified atom stereocenters. The highest BCUT2D eigenvalue weighted by Crippen LogP contribution is 2.10. The third-order valence-electron chi connectivity index (χ3n) is 3.27. The molecule has 7 nitrogen and oxygen atoms in total. The second kappa shape index (κ2) is 8.39. The van der Waals surface area contributed by atoms with Crippen LogP contribution in [0.1, 0.15) is 5.56 Å². The first-order valence-corrected chi connectivity index (χ1v) is 7.74. The first kappa shape index (κ1) is 16.4. The summed E-state index contributed by atoms with van der Waals surface area (Å²) in [5.74, 6) is 1.33. The van der Waals surface area contributed by atoms with E-state index in [4.69, 9.17) is 4.74 Å². The molecule has 2 heterocycles. The van der Waals surface area contributed by atoms with Gasteiger partial charge in [-0.2, -0.15) is 0 Å². The highest BCUT2D eigenvalue weighted by molar-refractivity contribution is 5.90. The Kier molecular flexibility index (Phi) is 5.50. The smallest absolute Gasteiger partial charge is 0.263 e. The fourth-order valence-corrected chi connectivity index (χ4v) is 2.03. The Hall–Kier alpha value is -3.48. The number of nitrogens with one attached hydrogen (secondary N) is 2. The van der Waals surface area contributed by atoms with E-state index < -0.39 is 0 Å². The van der Waals surface area contributed by atoms with Gasteiger partial charge in [0.2, 0.25) is 0 Å². The van der Waals surface area contributed by atoms with Crippen LogP contribution < -0.4 is 15.4 Å². The van der Waals surface area contributed by atoms with E-state index in [9.17, 15) is 4.79 Å². The molecule has 0 bridgehead atoms. The lowest BCUT2D eigenvalue weighted by atomic mass is 10.3. The van der Waals surface area contributed by atoms with E-state index in [-0.39, 0.29) is 12.5 Å². The number of benzene rings is 1. The van der Waals surface area contributed by atoms with Gasteiger partial charge in [0.1, 0.15) is 11.6 Å². The molecular weight excluding hydrogens is 318 g/mol. The summed E-state index contributed by atoms with van der Waals surface area (Å²) in [7, 11) is 0. The lowest BCUT2D eigenvalue weighted by Gasteiger charge is -2.08. The molecule has 0 aliphatic heterocycles. The molecule has 0 aliphatic carbocycles. The maximum absolute atomic E-state index is 11.9. The number of amides is 1. The molecule has 1 amide bonds. The maximum atomic E-state index is 11.9. The number of carbonyl (C=O) groups is 1. The Bertz CT molecular complexity index is 795. The topological polar surface area (TPSA) is 89.0 Å². The summed E-state index contributed by atoms with van der Waals surface area (Å²) in [6.45, 7) is 0.529. The highest BCUT2D eigenvalue weighted by atomic mass is 16.5. The monoisotopic (exact) mass is 335 g/mol. The van der Waals surface area contributed by atoms with Crippen LogP contribution in [0.25, 0.3) is 0 Å². The van der Waals surface area contributed by atoms with Crippen LogP contribution in [0.2, 0.25) is 0 Å². The molecule has 7 heteroatoms. The molecular formula is C18H17N5O2. The molecule has 0 atom stereocenters. The Balaban J connectivity index is 1.46. The molecule has 0 saturated carbocycles. The average molecular weight is 335 g/mol. The van der Waals surface area contributed by atoms with E-state index in [0.717, 1.165) is 5.56 Å². The zero-order valence-corrected chi connectivity index (χ0v) is 13.4. The Morgan fingerprint density at radius 2 is 1.64 bits per heavy atom. The molecule has 0 spiro atoms.